The molecular formula is C23H42BrNO3S. The highest BCUT2D eigenvalue weighted by molar-refractivity contribution is 9.09. The Morgan fingerprint density at radius 2 is 1.28 bits per heavy atom. The maximum atomic E-state index is 10.4. The summed E-state index contributed by atoms with van der Waals surface area (Å²) >= 11 is 3.54. The summed E-state index contributed by atoms with van der Waals surface area (Å²) in [6.07, 6.45) is 14.4. The van der Waals surface area contributed by atoms with Crippen molar-refractivity contribution in [2.75, 3.05) is 32.5 Å². The van der Waals surface area contributed by atoms with E-state index in [4.69, 9.17) is 0 Å². The van der Waals surface area contributed by atoms with E-state index in [2.05, 4.69) is 36.9 Å². The van der Waals surface area contributed by atoms with Crippen molar-refractivity contribution in [3.05, 3.63) is 29.8 Å². The minimum absolute atomic E-state index is 0.178. The number of quaternary nitrogens is 1. The fraction of sp³-hybridized carbons (Fsp3) is 0.739. The summed E-state index contributed by atoms with van der Waals surface area (Å²) in [6.45, 7) is 6.69. The van der Waals surface area contributed by atoms with Gasteiger partial charge >= 0.3 is 0 Å². The topological polar surface area (TPSA) is 57.2 Å². The molecule has 0 N–H and O–H groups in total. The molecule has 0 bridgehead atoms. The lowest BCUT2D eigenvalue weighted by atomic mass is 10.1. The monoisotopic (exact) mass is 491 g/mol. The normalized spacial score (nSPS) is 11.8. The Labute approximate surface area is 188 Å². The van der Waals surface area contributed by atoms with Gasteiger partial charge in [-0.05, 0) is 31.9 Å². The highest BCUT2D eigenvalue weighted by Gasteiger charge is 2.12. The molecule has 0 saturated carbocycles. The second kappa shape index (κ2) is 16.3. The van der Waals surface area contributed by atoms with Crippen LogP contribution in [0.15, 0.2) is 29.2 Å². The Balaban J connectivity index is 0.000000604. The number of hydrogen-bond acceptors (Lipinski definition) is 3. The summed E-state index contributed by atoms with van der Waals surface area (Å²) < 4.78 is 32.3. The largest absolute Gasteiger partial charge is 0.744 e. The molecule has 0 unspecified atom stereocenters. The van der Waals surface area contributed by atoms with Gasteiger partial charge in [0, 0.05) is 0 Å². The SMILES string of the molecule is CCCCCCCCCCCC[N+](C)(C)CCBr.Cc1ccc(S(=O)(=O)[O-])cc1. The maximum absolute atomic E-state index is 10.4. The molecular weight excluding hydrogens is 450 g/mol. The van der Waals surface area contributed by atoms with Gasteiger partial charge in [0.1, 0.15) is 10.1 Å². The Bertz CT molecular complexity index is 616. The van der Waals surface area contributed by atoms with Crippen molar-refractivity contribution >= 4 is 26.0 Å². The average molecular weight is 493 g/mol. The molecule has 0 heterocycles. The average Bonchev–Trinajstić information content (AvgIpc) is 2.63. The minimum atomic E-state index is -4.27. The molecule has 0 aliphatic heterocycles. The molecule has 0 spiro atoms. The maximum Gasteiger partial charge on any atom is 0.124 e. The third-order valence-electron chi connectivity index (χ3n) is 5.12. The molecule has 29 heavy (non-hydrogen) atoms. The molecule has 1 aromatic carbocycles. The summed E-state index contributed by atoms with van der Waals surface area (Å²) in [5.74, 6) is 0. The molecule has 6 heteroatoms. The number of benzene rings is 1. The molecule has 0 saturated heterocycles. The van der Waals surface area contributed by atoms with Crippen molar-refractivity contribution in [1.82, 2.24) is 0 Å². The van der Waals surface area contributed by atoms with E-state index in [9.17, 15) is 13.0 Å². The lowest BCUT2D eigenvalue weighted by Crippen LogP contribution is -2.41. The van der Waals surface area contributed by atoms with Gasteiger partial charge in [-0.15, -0.1) is 0 Å². The highest BCUT2D eigenvalue weighted by Crippen LogP contribution is 2.12. The van der Waals surface area contributed by atoms with Crippen LogP contribution in [0.3, 0.4) is 0 Å². The summed E-state index contributed by atoms with van der Waals surface area (Å²) in [4.78, 5) is -0.178. The van der Waals surface area contributed by atoms with Gasteiger partial charge < -0.3 is 9.04 Å². The summed E-state index contributed by atoms with van der Waals surface area (Å²) in [5, 5.41) is 1.12. The van der Waals surface area contributed by atoms with Gasteiger partial charge in [-0.3, -0.25) is 0 Å². The predicted molar refractivity (Wildman–Crippen MR) is 127 cm³/mol. The standard InChI is InChI=1S/C16H35BrN.C7H8O3S/c1-4-5-6-7-8-9-10-11-12-13-15-18(2,3)16-14-17;1-6-2-4-7(5-3-6)11(8,9)10/h4-16H2,1-3H3;2-5H,1H3,(H,8,9,10)/q+1;/p-1. The van der Waals surface area contributed by atoms with Crippen molar-refractivity contribution in [3.63, 3.8) is 0 Å². The van der Waals surface area contributed by atoms with E-state index in [0.717, 1.165) is 10.9 Å². The summed E-state index contributed by atoms with van der Waals surface area (Å²) in [5.41, 5.74) is 0.928. The van der Waals surface area contributed by atoms with Crippen LogP contribution in [-0.4, -0.2) is 50.0 Å². The van der Waals surface area contributed by atoms with E-state index >= 15 is 0 Å². The molecule has 0 aromatic heterocycles. The first-order valence-electron chi connectivity index (χ1n) is 11.0. The van der Waals surface area contributed by atoms with Gasteiger partial charge in [0.2, 0.25) is 0 Å². The van der Waals surface area contributed by atoms with E-state index < -0.39 is 10.1 Å². The molecule has 4 nitrogen and oxygen atoms in total. The van der Waals surface area contributed by atoms with Crippen LogP contribution in [0.25, 0.3) is 0 Å². The molecule has 1 rings (SSSR count). The van der Waals surface area contributed by atoms with E-state index in [1.807, 2.05) is 6.92 Å². The Hall–Kier alpha value is -0.430. The number of rotatable bonds is 14. The Morgan fingerprint density at radius 3 is 1.69 bits per heavy atom. The Kier molecular flexibility index (Phi) is 16.0. The second-order valence-electron chi connectivity index (χ2n) is 8.52. The van der Waals surface area contributed by atoms with Crippen molar-refractivity contribution in [2.24, 2.45) is 0 Å². The number of hydrogen-bond donors (Lipinski definition) is 0. The smallest absolute Gasteiger partial charge is 0.124 e. The molecule has 1 aromatic rings. The minimum Gasteiger partial charge on any atom is -0.744 e. The van der Waals surface area contributed by atoms with Crippen LogP contribution >= 0.6 is 15.9 Å². The number of aryl methyl sites for hydroxylation is 1. The molecule has 0 atom stereocenters. The molecule has 0 aliphatic carbocycles. The second-order valence-corrected chi connectivity index (χ2v) is 10.7. The zero-order chi connectivity index (χ0) is 22.2. The van der Waals surface area contributed by atoms with Gasteiger partial charge in [-0.1, -0.05) is 91.9 Å². The molecule has 0 amide bonds. The highest BCUT2D eigenvalue weighted by atomic mass is 79.9. The van der Waals surface area contributed by atoms with Gasteiger partial charge in [0.25, 0.3) is 0 Å². The number of alkyl halides is 1. The number of nitrogens with zero attached hydrogens (tertiary/aromatic N) is 1. The quantitative estimate of drug-likeness (QED) is 0.133. The van der Waals surface area contributed by atoms with E-state index in [1.54, 1.807) is 12.1 Å². The van der Waals surface area contributed by atoms with Crippen LogP contribution < -0.4 is 0 Å². The Morgan fingerprint density at radius 1 is 0.828 bits per heavy atom. The first-order chi connectivity index (χ1) is 13.6. The van der Waals surface area contributed by atoms with Crippen molar-refractivity contribution in [2.45, 2.75) is 83.0 Å². The van der Waals surface area contributed by atoms with Crippen molar-refractivity contribution in [3.8, 4) is 0 Å². The van der Waals surface area contributed by atoms with Gasteiger partial charge in [-0.2, -0.15) is 0 Å². The van der Waals surface area contributed by atoms with E-state index in [0.29, 0.717) is 0 Å². The lowest BCUT2D eigenvalue weighted by molar-refractivity contribution is -0.887. The van der Waals surface area contributed by atoms with Crippen molar-refractivity contribution < 1.29 is 17.5 Å². The van der Waals surface area contributed by atoms with Gasteiger partial charge in [0.15, 0.2) is 0 Å². The van der Waals surface area contributed by atoms with Crippen LogP contribution in [0, 0.1) is 6.92 Å². The van der Waals surface area contributed by atoms with E-state index in [1.165, 1.54) is 93.9 Å². The van der Waals surface area contributed by atoms with Crippen molar-refractivity contribution in [1.29, 1.82) is 0 Å². The molecule has 0 radical (unpaired) electrons. The van der Waals surface area contributed by atoms with Gasteiger partial charge in [0.05, 0.1) is 37.4 Å². The fourth-order valence-electron chi connectivity index (χ4n) is 3.07. The van der Waals surface area contributed by atoms with Crippen LogP contribution in [0.1, 0.15) is 76.7 Å². The van der Waals surface area contributed by atoms with Gasteiger partial charge in [-0.25, -0.2) is 8.42 Å². The third kappa shape index (κ3) is 17.0. The zero-order valence-corrected chi connectivity index (χ0v) is 21.4. The predicted octanol–water partition coefficient (Wildman–Crippen LogP) is 6.28. The van der Waals surface area contributed by atoms with Crippen LogP contribution in [-0.2, 0) is 10.1 Å². The van der Waals surface area contributed by atoms with E-state index in [-0.39, 0.29) is 4.90 Å². The fourth-order valence-corrected chi connectivity index (χ4v) is 4.50. The van der Waals surface area contributed by atoms with Crippen LogP contribution in [0.2, 0.25) is 0 Å². The van der Waals surface area contributed by atoms with Crippen LogP contribution in [0.4, 0.5) is 0 Å². The number of halogens is 1. The summed E-state index contributed by atoms with van der Waals surface area (Å²) in [6, 6.07) is 5.78. The summed E-state index contributed by atoms with van der Waals surface area (Å²) in [7, 11) is 0.415. The first kappa shape index (κ1) is 28.6. The van der Waals surface area contributed by atoms with Crippen LogP contribution in [0.5, 0.6) is 0 Å². The molecule has 0 aliphatic rings. The zero-order valence-electron chi connectivity index (χ0n) is 19.0. The number of unbranched alkanes of at least 4 members (excludes halogenated alkanes) is 9. The first-order valence-corrected chi connectivity index (χ1v) is 13.6. The molecule has 0 fully saturated rings. The molecule has 170 valence electrons. The lowest BCUT2D eigenvalue weighted by Gasteiger charge is -2.29. The third-order valence-corrected chi connectivity index (χ3v) is 6.32.